The van der Waals surface area contributed by atoms with Crippen molar-refractivity contribution in [3.8, 4) is 0 Å². The van der Waals surface area contributed by atoms with Gasteiger partial charge in [0.2, 0.25) is 0 Å². The van der Waals surface area contributed by atoms with Crippen LogP contribution >= 0.6 is 33.0 Å². The van der Waals surface area contributed by atoms with Crippen LogP contribution in [0, 0.1) is 0 Å². The van der Waals surface area contributed by atoms with Gasteiger partial charge in [0.25, 0.3) is 0 Å². The van der Waals surface area contributed by atoms with Crippen LogP contribution in [0.1, 0.15) is 0 Å². The molecule has 0 radical (unpaired) electrons. The molecule has 0 aliphatic heterocycles. The first-order chi connectivity index (χ1) is 12.7. The molecule has 28 heavy (non-hydrogen) atoms. The molecule has 1 fully saturated rings. The van der Waals surface area contributed by atoms with E-state index in [1.807, 2.05) is 0 Å². The highest BCUT2D eigenvalue weighted by Crippen LogP contribution is 2.40. The van der Waals surface area contributed by atoms with E-state index in [-0.39, 0.29) is 0 Å². The SMILES string of the molecule is O=P([O-])([O-])O[C@H]1[C@H](O)[C@@H](OP(=O)([O-])[O-])[C@H](O[O-])[C@@H](O[O-])[C@H]1O.O=P[O-].O=P[O-]. The Bertz CT molecular complexity index is 538. The first kappa shape index (κ1) is 30.3. The highest BCUT2D eigenvalue weighted by Gasteiger charge is 2.51. The van der Waals surface area contributed by atoms with Crippen LogP contribution in [0.5, 0.6) is 0 Å². The largest absolute Gasteiger partial charge is 0.790 e. The molecule has 22 heteroatoms. The summed E-state index contributed by atoms with van der Waals surface area (Å²) in [4.78, 5) is 65.6. The van der Waals surface area contributed by atoms with E-state index >= 15 is 0 Å². The molecule has 1 rings (SSSR count). The van der Waals surface area contributed by atoms with Gasteiger partial charge in [0.05, 0.1) is 33.0 Å². The predicted octanol–water partition coefficient (Wildman–Crippen LogP) is -8.42. The van der Waals surface area contributed by atoms with E-state index in [4.69, 9.17) is 18.9 Å². The lowest BCUT2D eigenvalue weighted by Gasteiger charge is -2.52. The van der Waals surface area contributed by atoms with Crippen LogP contribution in [0.25, 0.3) is 0 Å². The maximum absolute atomic E-state index is 10.6. The van der Waals surface area contributed by atoms with Gasteiger partial charge in [-0.05, 0) is 0 Å². The summed E-state index contributed by atoms with van der Waals surface area (Å²) in [5.74, 6) is 0. The molecule has 0 amide bonds. The van der Waals surface area contributed by atoms with E-state index in [0.717, 1.165) is 0 Å². The van der Waals surface area contributed by atoms with Gasteiger partial charge < -0.3 is 78.0 Å². The summed E-state index contributed by atoms with van der Waals surface area (Å²) < 4.78 is 45.3. The lowest BCUT2D eigenvalue weighted by molar-refractivity contribution is -0.745. The summed E-state index contributed by atoms with van der Waals surface area (Å²) in [5.41, 5.74) is 0. The Labute approximate surface area is 157 Å². The number of aliphatic hydroxyl groups is 2. The third-order valence-electron chi connectivity index (χ3n) is 2.72. The third kappa shape index (κ3) is 11.3. The molecule has 1 aliphatic carbocycles. The van der Waals surface area contributed by atoms with Gasteiger partial charge in [-0.1, -0.05) is 0 Å². The summed E-state index contributed by atoms with van der Waals surface area (Å²) >= 11 is 0. The van der Waals surface area contributed by atoms with Crippen LogP contribution in [0.3, 0.4) is 0 Å². The summed E-state index contributed by atoms with van der Waals surface area (Å²) in [6.45, 7) is 0. The van der Waals surface area contributed by atoms with Crippen LogP contribution in [-0.2, 0) is 37.1 Å². The Kier molecular flexibility index (Phi) is 15.3. The molecule has 0 unspecified atom stereocenters. The second kappa shape index (κ2) is 14.2. The van der Waals surface area contributed by atoms with E-state index in [1.165, 1.54) is 0 Å². The monoisotopic (exact) mass is 492 g/mol. The first-order valence-electron chi connectivity index (χ1n) is 5.98. The van der Waals surface area contributed by atoms with Crippen LogP contribution < -0.4 is 39.9 Å². The van der Waals surface area contributed by atoms with Gasteiger partial charge in [-0.2, -0.15) is 0 Å². The van der Waals surface area contributed by atoms with Crippen molar-refractivity contribution in [1.29, 1.82) is 0 Å². The maximum atomic E-state index is 10.6. The van der Waals surface area contributed by atoms with Gasteiger partial charge in [0.15, 0.2) is 0 Å². The minimum absolute atomic E-state index is 1.08. The molecule has 2 N–H and O–H groups in total. The fourth-order valence-electron chi connectivity index (χ4n) is 1.92. The summed E-state index contributed by atoms with van der Waals surface area (Å²) in [6, 6.07) is 0. The normalized spacial score (nSPS) is 30.8. The van der Waals surface area contributed by atoms with E-state index in [0.29, 0.717) is 0 Å². The van der Waals surface area contributed by atoms with Crippen molar-refractivity contribution < 1.29 is 87.2 Å². The van der Waals surface area contributed by atoms with Crippen molar-refractivity contribution in [3.63, 3.8) is 0 Å². The highest BCUT2D eigenvalue weighted by molar-refractivity contribution is 7.43. The molecule has 168 valence electrons. The van der Waals surface area contributed by atoms with Gasteiger partial charge >= 0.3 is 0 Å². The summed E-state index contributed by atoms with van der Waals surface area (Å²) in [6.07, 6.45) is -14.4. The molecule has 1 aliphatic rings. The van der Waals surface area contributed by atoms with E-state index in [1.54, 1.807) is 0 Å². The van der Waals surface area contributed by atoms with Crippen LogP contribution in [0.4, 0.5) is 0 Å². The van der Waals surface area contributed by atoms with Crippen molar-refractivity contribution in [2.24, 2.45) is 0 Å². The molecular weight excluding hydrogens is 484 g/mol. The Balaban J connectivity index is 0. The van der Waals surface area contributed by atoms with Crippen molar-refractivity contribution in [3.05, 3.63) is 0 Å². The van der Waals surface area contributed by atoms with Gasteiger partial charge in [-0.3, -0.25) is 9.13 Å². The molecule has 0 aromatic heterocycles. The molecule has 1 saturated carbocycles. The van der Waals surface area contributed by atoms with Crippen molar-refractivity contribution in [1.82, 2.24) is 0 Å². The maximum Gasteiger partial charge on any atom is 0.120 e. The van der Waals surface area contributed by atoms with Crippen LogP contribution in [0.2, 0.25) is 0 Å². The van der Waals surface area contributed by atoms with Crippen molar-refractivity contribution in [2.45, 2.75) is 36.6 Å². The predicted molar refractivity (Wildman–Crippen MR) is 61.9 cm³/mol. The lowest BCUT2D eigenvalue weighted by Crippen LogP contribution is -2.67. The Morgan fingerprint density at radius 2 is 0.964 bits per heavy atom. The average Bonchev–Trinajstić information content (AvgIpc) is 2.53. The third-order valence-corrected chi connectivity index (χ3v) is 3.72. The Morgan fingerprint density at radius 3 is 1.25 bits per heavy atom. The van der Waals surface area contributed by atoms with Gasteiger partial charge in [0, 0.05) is 0 Å². The van der Waals surface area contributed by atoms with Crippen LogP contribution in [0.15, 0.2) is 0 Å². The summed E-state index contributed by atoms with van der Waals surface area (Å²) in [5, 5.41) is 40.2. The molecule has 0 saturated heterocycles. The lowest BCUT2D eigenvalue weighted by atomic mass is 9.85. The number of rotatable bonds is 6. The Hall–Kier alpha value is 0.1000. The number of phosphoric ester groups is 2. The molecule has 0 heterocycles. The zero-order valence-electron chi connectivity index (χ0n) is 12.7. The summed E-state index contributed by atoms with van der Waals surface area (Å²) in [7, 11) is -13.9. The number of hydrogen-bond donors (Lipinski definition) is 2. The highest BCUT2D eigenvalue weighted by atomic mass is 31.2. The quantitative estimate of drug-likeness (QED) is 0.197. The average molecular weight is 492 g/mol. The second-order valence-corrected chi connectivity index (χ2v) is 6.80. The van der Waals surface area contributed by atoms with Gasteiger partial charge in [-0.15, -0.1) is 0 Å². The molecule has 0 spiro atoms. The fraction of sp³-hybridized carbons (Fsp3) is 1.00. The fourth-order valence-corrected chi connectivity index (χ4v) is 3.01. The topological polar surface area (TPSA) is 330 Å². The molecule has 6 atom stereocenters. The zero-order valence-corrected chi connectivity index (χ0v) is 16.3. The minimum atomic E-state index is -5.86. The smallest absolute Gasteiger partial charge is 0.120 e. The zero-order chi connectivity index (χ0) is 22.7. The first-order valence-corrected chi connectivity index (χ1v) is 10.4. The van der Waals surface area contributed by atoms with Crippen molar-refractivity contribution >= 4 is 33.0 Å². The van der Waals surface area contributed by atoms with Crippen LogP contribution in [-0.4, -0.2) is 46.8 Å². The second-order valence-electron chi connectivity index (χ2n) is 4.29. The van der Waals surface area contributed by atoms with Gasteiger partial charge in [-0.25, -0.2) is 0 Å². The number of aliphatic hydroxyl groups excluding tert-OH is 2. The molecule has 0 aromatic carbocycles. The molecule has 18 nitrogen and oxygen atoms in total. The molecule has 0 bridgehead atoms. The number of hydrogen-bond acceptors (Lipinski definition) is 18. The Morgan fingerprint density at radius 1 is 0.679 bits per heavy atom. The molecular formula is C6H8O18P4-8. The van der Waals surface area contributed by atoms with Crippen molar-refractivity contribution in [2.75, 3.05) is 0 Å². The van der Waals surface area contributed by atoms with Gasteiger partial charge in [0.1, 0.15) is 36.6 Å². The van der Waals surface area contributed by atoms with E-state index < -0.39 is 69.6 Å². The van der Waals surface area contributed by atoms with E-state index in [2.05, 4.69) is 18.8 Å². The number of phosphoric acid groups is 2. The molecule has 0 aromatic rings. The van der Waals surface area contributed by atoms with E-state index in [9.17, 15) is 49.4 Å². The minimum Gasteiger partial charge on any atom is -0.790 e. The standard InChI is InChI=1S/C6H14O14P2.2HO2P/c7-1-3(19-21(11,12)13)2(8)5(20-22(14,15)16)6(18-10)4(1)17-9;2*1-3-2/h1-10H,(H2,11,12,13)(H2,14,15,16);2*(H,1,2)/p-8/t1-,2-,3+,4-,5+,6+;;/m0../s1.